The van der Waals surface area contributed by atoms with Crippen LogP contribution in [0.25, 0.3) is 11.3 Å². The first-order valence-electron chi connectivity index (χ1n) is 6.92. The molecule has 0 radical (unpaired) electrons. The normalized spacial score (nSPS) is 12.6. The van der Waals surface area contributed by atoms with Gasteiger partial charge in [0.15, 0.2) is 5.96 Å². The lowest BCUT2D eigenvalue weighted by Crippen LogP contribution is -2.29. The average molecular weight is 422 g/mol. The summed E-state index contributed by atoms with van der Waals surface area (Å²) in [6.07, 6.45) is 1.87. The van der Waals surface area contributed by atoms with Crippen molar-refractivity contribution in [3.05, 3.63) is 33.5 Å². The van der Waals surface area contributed by atoms with E-state index in [4.69, 9.17) is 5.41 Å². The Labute approximate surface area is 147 Å². The summed E-state index contributed by atoms with van der Waals surface area (Å²) in [7, 11) is 3.53. The van der Waals surface area contributed by atoms with Gasteiger partial charge in [-0.3, -0.25) is 15.5 Å². The monoisotopic (exact) mass is 422 g/mol. The second kappa shape index (κ2) is 6.11. The summed E-state index contributed by atoms with van der Waals surface area (Å²) in [6, 6.07) is 5.83. The zero-order valence-electron chi connectivity index (χ0n) is 12.6. The summed E-state index contributed by atoms with van der Waals surface area (Å²) < 4.78 is 1.03. The Kier molecular flexibility index (Phi) is 4.16. The van der Waals surface area contributed by atoms with E-state index < -0.39 is 0 Å². The smallest absolute Gasteiger partial charge is 0.230 e. The molecule has 1 aliphatic heterocycles. The average Bonchev–Trinajstić information content (AvgIpc) is 2.61. The largest absolute Gasteiger partial charge is 0.349 e. The maximum atomic E-state index is 12.0. The quantitative estimate of drug-likeness (QED) is 0.372. The van der Waals surface area contributed by atoms with Crippen LogP contribution in [0.4, 0.5) is 11.6 Å². The lowest BCUT2D eigenvalue weighted by atomic mass is 10.1. The molecule has 3 N–H and O–H groups in total. The third kappa shape index (κ3) is 3.26. The lowest BCUT2D eigenvalue weighted by molar-refractivity contribution is -0.115. The maximum absolute atomic E-state index is 12.0. The molecule has 0 atom stereocenters. The summed E-state index contributed by atoms with van der Waals surface area (Å²) >= 11 is 2.21. The molecule has 0 fully saturated rings. The van der Waals surface area contributed by atoms with Gasteiger partial charge in [-0.15, -0.1) is 0 Å². The number of fused-ring (bicyclic) bond motifs is 3. The Morgan fingerprint density at radius 2 is 2.22 bits per heavy atom. The fourth-order valence-corrected chi connectivity index (χ4v) is 2.73. The zero-order chi connectivity index (χ0) is 16.6. The number of hydrogen-bond donors (Lipinski definition) is 3. The van der Waals surface area contributed by atoms with Gasteiger partial charge < -0.3 is 10.2 Å². The van der Waals surface area contributed by atoms with Crippen molar-refractivity contribution in [3.8, 4) is 11.3 Å². The van der Waals surface area contributed by atoms with Crippen molar-refractivity contribution in [2.45, 2.75) is 6.42 Å². The second-order valence-electron chi connectivity index (χ2n) is 5.35. The molecule has 0 unspecified atom stereocenters. The fraction of sp³-hybridized carbons (Fsp3) is 0.200. The number of aromatic nitrogens is 2. The number of nitrogens with one attached hydrogen (secondary N) is 3. The van der Waals surface area contributed by atoms with E-state index in [-0.39, 0.29) is 18.3 Å². The van der Waals surface area contributed by atoms with Gasteiger partial charge >= 0.3 is 0 Å². The summed E-state index contributed by atoms with van der Waals surface area (Å²) in [6.45, 7) is 0. The molecule has 1 aromatic carbocycles. The first kappa shape index (κ1) is 15.7. The molecule has 1 aromatic heterocycles. The number of carbonyl (C=O) groups excluding carboxylic acids is 1. The first-order valence-corrected chi connectivity index (χ1v) is 8.00. The van der Waals surface area contributed by atoms with Crippen LogP contribution in [0.1, 0.15) is 5.56 Å². The van der Waals surface area contributed by atoms with Gasteiger partial charge in [-0.25, -0.2) is 9.97 Å². The Morgan fingerprint density at radius 1 is 1.43 bits per heavy atom. The molecule has 1 amide bonds. The van der Waals surface area contributed by atoms with Gasteiger partial charge in [0.2, 0.25) is 11.9 Å². The first-order chi connectivity index (χ1) is 10.9. The SMILES string of the molecule is CN(C)C(=N)Nc1ncc2c(n1)-c1ccc(I)cc1NC(=O)C2. The second-order valence-corrected chi connectivity index (χ2v) is 6.60. The van der Waals surface area contributed by atoms with Gasteiger partial charge in [0.25, 0.3) is 0 Å². The molecule has 0 saturated heterocycles. The van der Waals surface area contributed by atoms with E-state index >= 15 is 0 Å². The molecular formula is C15H15IN6O. The molecule has 2 aromatic rings. The zero-order valence-corrected chi connectivity index (χ0v) is 14.8. The standard InChI is InChI=1S/C15H15IN6O/c1-22(2)14(17)21-15-18-7-8-5-12(23)19-11-6-9(16)3-4-10(11)13(8)20-15/h3-4,6-7H,5H2,1-2H3,(H,19,23)(H2,17,18,20,21). The van der Waals surface area contributed by atoms with Crippen LogP contribution in [-0.2, 0) is 11.2 Å². The molecule has 23 heavy (non-hydrogen) atoms. The van der Waals surface area contributed by atoms with E-state index in [0.29, 0.717) is 11.6 Å². The van der Waals surface area contributed by atoms with Gasteiger partial charge in [-0.2, -0.15) is 0 Å². The Bertz CT molecular complexity index is 805. The highest BCUT2D eigenvalue weighted by molar-refractivity contribution is 14.1. The van der Waals surface area contributed by atoms with Crippen molar-refractivity contribution in [3.63, 3.8) is 0 Å². The van der Waals surface area contributed by atoms with E-state index in [2.05, 4.69) is 43.2 Å². The van der Waals surface area contributed by atoms with Gasteiger partial charge in [-0.1, -0.05) is 0 Å². The highest BCUT2D eigenvalue weighted by atomic mass is 127. The highest BCUT2D eigenvalue weighted by Gasteiger charge is 2.21. The van der Waals surface area contributed by atoms with Crippen LogP contribution < -0.4 is 10.6 Å². The molecular weight excluding hydrogens is 407 g/mol. The van der Waals surface area contributed by atoms with Crippen LogP contribution in [0.3, 0.4) is 0 Å². The van der Waals surface area contributed by atoms with Crippen LogP contribution >= 0.6 is 22.6 Å². The van der Waals surface area contributed by atoms with Gasteiger partial charge in [-0.05, 0) is 40.8 Å². The van der Waals surface area contributed by atoms with Crippen molar-refractivity contribution >= 4 is 46.1 Å². The number of halogens is 1. The van der Waals surface area contributed by atoms with E-state index in [9.17, 15) is 4.79 Å². The van der Waals surface area contributed by atoms with Crippen LogP contribution in [0.15, 0.2) is 24.4 Å². The van der Waals surface area contributed by atoms with Crippen molar-refractivity contribution in [1.29, 1.82) is 5.41 Å². The number of carbonyl (C=O) groups is 1. The number of rotatable bonds is 1. The van der Waals surface area contributed by atoms with Crippen molar-refractivity contribution in [2.75, 3.05) is 24.7 Å². The predicted octanol–water partition coefficient (Wildman–Crippen LogP) is 2.15. The van der Waals surface area contributed by atoms with E-state index in [1.807, 2.05) is 18.2 Å². The number of guanidine groups is 1. The predicted molar refractivity (Wildman–Crippen MR) is 97.6 cm³/mol. The van der Waals surface area contributed by atoms with Crippen LogP contribution in [0.5, 0.6) is 0 Å². The number of nitrogens with zero attached hydrogens (tertiary/aromatic N) is 3. The molecule has 1 aliphatic rings. The molecule has 8 heteroatoms. The lowest BCUT2D eigenvalue weighted by Gasteiger charge is -2.15. The molecule has 0 saturated carbocycles. The number of benzene rings is 1. The molecule has 0 aliphatic carbocycles. The minimum Gasteiger partial charge on any atom is -0.349 e. The molecule has 118 valence electrons. The molecule has 0 bridgehead atoms. The molecule has 3 rings (SSSR count). The van der Waals surface area contributed by atoms with Crippen LogP contribution in [0, 0.1) is 8.98 Å². The minimum atomic E-state index is -0.0858. The van der Waals surface area contributed by atoms with E-state index in [1.165, 1.54) is 0 Å². The summed E-state index contributed by atoms with van der Waals surface area (Å²) in [5, 5.41) is 13.6. The molecule has 7 nitrogen and oxygen atoms in total. The fourth-order valence-electron chi connectivity index (χ4n) is 2.24. The van der Waals surface area contributed by atoms with Crippen molar-refractivity contribution in [1.82, 2.24) is 14.9 Å². The summed E-state index contributed by atoms with van der Waals surface area (Å²) in [5.74, 6) is 0.439. The van der Waals surface area contributed by atoms with Gasteiger partial charge in [0, 0.05) is 35.0 Å². The van der Waals surface area contributed by atoms with E-state index in [1.54, 1.807) is 25.2 Å². The van der Waals surface area contributed by atoms with Crippen LogP contribution in [-0.4, -0.2) is 40.8 Å². The molecule has 2 heterocycles. The Balaban J connectivity index is 2.08. The number of amides is 1. The number of anilines is 2. The third-order valence-electron chi connectivity index (χ3n) is 3.40. The van der Waals surface area contributed by atoms with Gasteiger partial charge in [0.05, 0.1) is 17.8 Å². The van der Waals surface area contributed by atoms with Gasteiger partial charge in [0.1, 0.15) is 0 Å². The van der Waals surface area contributed by atoms with E-state index in [0.717, 1.165) is 20.4 Å². The Morgan fingerprint density at radius 3 is 2.96 bits per heavy atom. The Hall–Kier alpha value is -2.23. The summed E-state index contributed by atoms with van der Waals surface area (Å²) in [4.78, 5) is 22.4. The van der Waals surface area contributed by atoms with Crippen molar-refractivity contribution < 1.29 is 4.79 Å². The van der Waals surface area contributed by atoms with Crippen molar-refractivity contribution in [2.24, 2.45) is 0 Å². The topological polar surface area (TPSA) is 94.0 Å². The molecule has 0 spiro atoms. The highest BCUT2D eigenvalue weighted by Crippen LogP contribution is 2.33. The number of hydrogen-bond acceptors (Lipinski definition) is 4. The van der Waals surface area contributed by atoms with Crippen LogP contribution in [0.2, 0.25) is 0 Å². The third-order valence-corrected chi connectivity index (χ3v) is 4.07. The minimum absolute atomic E-state index is 0.0858. The summed E-state index contributed by atoms with van der Waals surface area (Å²) in [5.41, 5.74) is 3.07. The maximum Gasteiger partial charge on any atom is 0.230 e.